The number of halogens is 4. The van der Waals surface area contributed by atoms with Gasteiger partial charge in [0.15, 0.2) is 4.90 Å². The number of hydrogen-bond acceptors (Lipinski definition) is 3. The van der Waals surface area contributed by atoms with Crippen LogP contribution in [0.5, 0.6) is 0 Å². The van der Waals surface area contributed by atoms with Gasteiger partial charge in [-0.15, -0.1) is 12.4 Å². The van der Waals surface area contributed by atoms with E-state index in [1.807, 2.05) is 6.92 Å². The summed E-state index contributed by atoms with van der Waals surface area (Å²) in [5.41, 5.74) is 0. The zero-order valence-corrected chi connectivity index (χ0v) is 14.3. The highest BCUT2D eigenvalue weighted by molar-refractivity contribution is 7.89. The van der Waals surface area contributed by atoms with Crippen molar-refractivity contribution in [2.75, 3.05) is 26.2 Å². The molecule has 0 saturated carbocycles. The van der Waals surface area contributed by atoms with Gasteiger partial charge in [0.1, 0.15) is 17.5 Å². The highest BCUT2D eigenvalue weighted by atomic mass is 35.5. The molecule has 23 heavy (non-hydrogen) atoms. The Kier molecular flexibility index (Phi) is 7.31. The molecule has 2 rings (SSSR count). The molecule has 1 aliphatic heterocycles. The number of sulfonamides is 1. The van der Waals surface area contributed by atoms with Gasteiger partial charge in [-0.2, -0.15) is 4.31 Å². The molecule has 1 saturated heterocycles. The van der Waals surface area contributed by atoms with Crippen molar-refractivity contribution in [2.24, 2.45) is 5.92 Å². The van der Waals surface area contributed by atoms with E-state index in [-0.39, 0.29) is 25.5 Å². The number of nitrogens with zero attached hydrogens (tertiary/aromatic N) is 1. The summed E-state index contributed by atoms with van der Waals surface area (Å²) < 4.78 is 66.1. The normalized spacial score (nSPS) is 17.0. The van der Waals surface area contributed by atoms with Crippen molar-refractivity contribution < 1.29 is 21.6 Å². The van der Waals surface area contributed by atoms with Gasteiger partial charge >= 0.3 is 0 Å². The molecular formula is C14H20ClF3N2O2S. The van der Waals surface area contributed by atoms with Crippen LogP contribution in [0.25, 0.3) is 0 Å². The van der Waals surface area contributed by atoms with Gasteiger partial charge in [0.25, 0.3) is 0 Å². The first-order chi connectivity index (χ1) is 10.4. The van der Waals surface area contributed by atoms with Crippen LogP contribution in [0.3, 0.4) is 0 Å². The lowest BCUT2D eigenvalue weighted by molar-refractivity contribution is 0.267. The van der Waals surface area contributed by atoms with Gasteiger partial charge in [-0.05, 0) is 31.8 Å². The summed E-state index contributed by atoms with van der Waals surface area (Å²) in [5, 5.41) is 3.20. The van der Waals surface area contributed by atoms with E-state index >= 15 is 0 Å². The van der Waals surface area contributed by atoms with Crippen LogP contribution in [0, 0.1) is 23.4 Å². The Labute approximate surface area is 140 Å². The fraction of sp³-hybridized carbons (Fsp3) is 0.571. The van der Waals surface area contributed by atoms with Gasteiger partial charge in [-0.3, -0.25) is 0 Å². The maximum Gasteiger partial charge on any atom is 0.248 e. The van der Waals surface area contributed by atoms with Gasteiger partial charge in [-0.25, -0.2) is 21.6 Å². The topological polar surface area (TPSA) is 49.4 Å². The van der Waals surface area contributed by atoms with Crippen molar-refractivity contribution in [3.05, 3.63) is 29.6 Å². The van der Waals surface area contributed by atoms with Crippen molar-refractivity contribution >= 4 is 22.4 Å². The smallest absolute Gasteiger partial charge is 0.248 e. The van der Waals surface area contributed by atoms with E-state index in [9.17, 15) is 21.6 Å². The number of piperidine rings is 1. The molecule has 0 aliphatic carbocycles. The molecule has 1 fully saturated rings. The van der Waals surface area contributed by atoms with Crippen LogP contribution in [0.15, 0.2) is 17.0 Å². The Morgan fingerprint density at radius 2 is 1.70 bits per heavy atom. The summed E-state index contributed by atoms with van der Waals surface area (Å²) in [6.45, 7) is 4.02. The average Bonchev–Trinajstić information content (AvgIpc) is 2.44. The molecule has 4 nitrogen and oxygen atoms in total. The summed E-state index contributed by atoms with van der Waals surface area (Å²) in [7, 11) is -4.29. The Hall–Kier alpha value is -0.830. The predicted molar refractivity (Wildman–Crippen MR) is 83.6 cm³/mol. The molecule has 1 N–H and O–H groups in total. The second kappa shape index (κ2) is 8.32. The highest BCUT2D eigenvalue weighted by Gasteiger charge is 2.34. The van der Waals surface area contributed by atoms with E-state index in [4.69, 9.17) is 0 Å². The molecule has 1 aromatic carbocycles. The first kappa shape index (κ1) is 20.2. The van der Waals surface area contributed by atoms with E-state index in [1.165, 1.54) is 0 Å². The average molecular weight is 373 g/mol. The van der Waals surface area contributed by atoms with E-state index < -0.39 is 32.4 Å². The SMILES string of the molecule is CCNCC1CCN(S(=O)(=O)c2c(F)cc(F)cc2F)CC1.Cl. The van der Waals surface area contributed by atoms with Crippen LogP contribution in [-0.2, 0) is 10.0 Å². The third kappa shape index (κ3) is 4.59. The van der Waals surface area contributed by atoms with Crippen molar-refractivity contribution in [1.29, 1.82) is 0 Å². The van der Waals surface area contributed by atoms with E-state index in [0.29, 0.717) is 30.9 Å². The molecule has 132 valence electrons. The number of benzene rings is 1. The number of hydrogen-bond donors (Lipinski definition) is 1. The molecule has 9 heteroatoms. The van der Waals surface area contributed by atoms with Crippen LogP contribution in [0.1, 0.15) is 19.8 Å². The summed E-state index contributed by atoms with van der Waals surface area (Å²) in [6.07, 6.45) is 1.24. The second-order valence-electron chi connectivity index (χ2n) is 5.35. The molecule has 1 heterocycles. The Morgan fingerprint density at radius 3 is 2.17 bits per heavy atom. The minimum atomic E-state index is -4.29. The third-order valence-corrected chi connectivity index (χ3v) is 5.77. The number of nitrogens with one attached hydrogen (secondary N) is 1. The molecule has 0 atom stereocenters. The molecule has 1 aliphatic rings. The molecule has 0 unspecified atom stereocenters. The van der Waals surface area contributed by atoms with Crippen molar-refractivity contribution in [3.63, 3.8) is 0 Å². The summed E-state index contributed by atoms with van der Waals surface area (Å²) in [4.78, 5) is -1.07. The number of rotatable bonds is 5. The largest absolute Gasteiger partial charge is 0.317 e. The van der Waals surface area contributed by atoms with Gasteiger partial charge in [0.2, 0.25) is 10.0 Å². The van der Waals surface area contributed by atoms with Crippen LogP contribution in [0.2, 0.25) is 0 Å². The van der Waals surface area contributed by atoms with Crippen molar-refractivity contribution in [3.8, 4) is 0 Å². The lowest BCUT2D eigenvalue weighted by Gasteiger charge is -2.31. The molecular weight excluding hydrogens is 353 g/mol. The summed E-state index contributed by atoms with van der Waals surface area (Å²) in [5.74, 6) is -3.59. The summed E-state index contributed by atoms with van der Waals surface area (Å²) in [6, 6.07) is 0.766. The zero-order valence-electron chi connectivity index (χ0n) is 12.7. The molecule has 0 bridgehead atoms. The summed E-state index contributed by atoms with van der Waals surface area (Å²) >= 11 is 0. The van der Waals surface area contributed by atoms with Gasteiger partial charge in [-0.1, -0.05) is 6.92 Å². The van der Waals surface area contributed by atoms with Gasteiger partial charge in [0.05, 0.1) is 0 Å². The van der Waals surface area contributed by atoms with E-state index in [0.717, 1.165) is 17.4 Å². The molecule has 0 amide bonds. The maximum atomic E-state index is 13.7. The van der Waals surface area contributed by atoms with Crippen molar-refractivity contribution in [1.82, 2.24) is 9.62 Å². The molecule has 1 aromatic rings. The first-order valence-corrected chi connectivity index (χ1v) is 8.65. The van der Waals surface area contributed by atoms with E-state index in [2.05, 4.69) is 5.32 Å². The van der Waals surface area contributed by atoms with E-state index in [1.54, 1.807) is 0 Å². The maximum absolute atomic E-state index is 13.7. The Bertz CT molecular complexity index is 612. The molecule has 0 spiro atoms. The molecule has 0 aromatic heterocycles. The minimum Gasteiger partial charge on any atom is -0.317 e. The second-order valence-corrected chi connectivity index (χ2v) is 7.23. The van der Waals surface area contributed by atoms with Gasteiger partial charge < -0.3 is 5.32 Å². The van der Waals surface area contributed by atoms with Gasteiger partial charge in [0, 0.05) is 25.2 Å². The predicted octanol–water partition coefficient (Wildman–Crippen LogP) is 2.54. The Morgan fingerprint density at radius 1 is 1.17 bits per heavy atom. The minimum absolute atomic E-state index is 0. The van der Waals surface area contributed by atoms with Crippen LogP contribution >= 0.6 is 12.4 Å². The fourth-order valence-corrected chi connectivity index (χ4v) is 4.17. The van der Waals surface area contributed by atoms with Crippen molar-refractivity contribution in [2.45, 2.75) is 24.7 Å². The first-order valence-electron chi connectivity index (χ1n) is 7.21. The zero-order chi connectivity index (χ0) is 16.3. The lowest BCUT2D eigenvalue weighted by atomic mass is 9.98. The van der Waals surface area contributed by atoms with Crippen LogP contribution in [-0.4, -0.2) is 38.9 Å². The van der Waals surface area contributed by atoms with Crippen LogP contribution in [0.4, 0.5) is 13.2 Å². The third-order valence-electron chi connectivity index (χ3n) is 3.82. The monoisotopic (exact) mass is 372 g/mol. The Balaban J connectivity index is 0.00000264. The quantitative estimate of drug-likeness (QED) is 0.864. The lowest BCUT2D eigenvalue weighted by Crippen LogP contribution is -2.41. The van der Waals surface area contributed by atoms with Crippen LogP contribution < -0.4 is 5.32 Å². The molecule has 0 radical (unpaired) electrons. The fourth-order valence-electron chi connectivity index (χ4n) is 2.61. The standard InChI is InChI=1S/C14H19F3N2O2S.ClH/c1-2-18-9-10-3-5-19(6-4-10)22(20,21)14-12(16)7-11(15)8-13(14)17;/h7-8,10,18H,2-6,9H2,1H3;1H. The highest BCUT2D eigenvalue weighted by Crippen LogP contribution is 2.27.